The van der Waals surface area contributed by atoms with Crippen molar-refractivity contribution in [3.63, 3.8) is 0 Å². The first-order valence-corrected chi connectivity index (χ1v) is 8.20. The molecular formula is C18H23FN4O2. The molecule has 0 radical (unpaired) electrons. The molecule has 7 heteroatoms. The van der Waals surface area contributed by atoms with Gasteiger partial charge in [0.25, 0.3) is 5.91 Å². The Labute approximate surface area is 146 Å². The van der Waals surface area contributed by atoms with Crippen molar-refractivity contribution in [2.75, 3.05) is 13.1 Å². The second-order valence-electron chi connectivity index (χ2n) is 6.01. The Kier molecular flexibility index (Phi) is 6.27. The Bertz CT molecular complexity index is 757. The van der Waals surface area contributed by atoms with Crippen LogP contribution in [0.1, 0.15) is 41.1 Å². The number of amides is 2. The summed E-state index contributed by atoms with van der Waals surface area (Å²) in [5, 5.41) is 9.75. The lowest BCUT2D eigenvalue weighted by Crippen LogP contribution is -2.34. The van der Waals surface area contributed by atoms with E-state index < -0.39 is 11.7 Å². The van der Waals surface area contributed by atoms with Crippen molar-refractivity contribution < 1.29 is 14.0 Å². The lowest BCUT2D eigenvalue weighted by Gasteiger charge is -2.15. The van der Waals surface area contributed by atoms with Gasteiger partial charge in [-0.2, -0.15) is 5.10 Å². The lowest BCUT2D eigenvalue weighted by atomic mass is 10.2. The Morgan fingerprint density at radius 2 is 1.96 bits per heavy atom. The fourth-order valence-electron chi connectivity index (χ4n) is 2.56. The minimum absolute atomic E-state index is 0.0268. The molecule has 25 heavy (non-hydrogen) atoms. The molecule has 1 heterocycles. The number of carbonyl (C=O) groups is 2. The van der Waals surface area contributed by atoms with Gasteiger partial charge in [0, 0.05) is 25.2 Å². The molecule has 1 unspecified atom stereocenters. The van der Waals surface area contributed by atoms with Gasteiger partial charge in [-0.15, -0.1) is 0 Å². The molecule has 0 aliphatic rings. The molecule has 2 amide bonds. The number of rotatable bonds is 7. The first-order valence-electron chi connectivity index (χ1n) is 8.20. The fraction of sp³-hybridized carbons (Fsp3) is 0.389. The summed E-state index contributed by atoms with van der Waals surface area (Å²) in [7, 11) is 0. The molecule has 1 aromatic heterocycles. The van der Waals surface area contributed by atoms with Crippen LogP contribution in [0.5, 0.6) is 0 Å². The van der Waals surface area contributed by atoms with Crippen molar-refractivity contribution in [1.82, 2.24) is 20.4 Å². The maximum absolute atomic E-state index is 13.5. The van der Waals surface area contributed by atoms with Crippen LogP contribution in [-0.2, 0) is 4.79 Å². The van der Waals surface area contributed by atoms with Gasteiger partial charge in [0.15, 0.2) is 0 Å². The third-order valence-electron chi connectivity index (χ3n) is 3.81. The second kappa shape index (κ2) is 8.41. The van der Waals surface area contributed by atoms with Crippen LogP contribution < -0.4 is 10.6 Å². The molecular weight excluding hydrogens is 323 g/mol. The number of nitrogens with zero attached hydrogens (tertiary/aromatic N) is 2. The third kappa shape index (κ3) is 5.14. The van der Waals surface area contributed by atoms with Crippen LogP contribution in [0, 0.1) is 19.7 Å². The van der Waals surface area contributed by atoms with E-state index in [4.69, 9.17) is 0 Å². The molecule has 2 N–H and O–H groups in total. The van der Waals surface area contributed by atoms with Gasteiger partial charge in [-0.25, -0.2) is 4.39 Å². The average Bonchev–Trinajstić information content (AvgIpc) is 2.91. The summed E-state index contributed by atoms with van der Waals surface area (Å²) in [4.78, 5) is 23.7. The van der Waals surface area contributed by atoms with Crippen LogP contribution in [0.25, 0.3) is 0 Å². The molecule has 0 saturated carbocycles. The summed E-state index contributed by atoms with van der Waals surface area (Å²) in [5.74, 6) is -1.28. The lowest BCUT2D eigenvalue weighted by molar-refractivity contribution is -0.121. The van der Waals surface area contributed by atoms with Crippen molar-refractivity contribution in [2.24, 2.45) is 0 Å². The molecule has 0 bridgehead atoms. The summed E-state index contributed by atoms with van der Waals surface area (Å²) < 4.78 is 15.4. The Morgan fingerprint density at radius 3 is 2.60 bits per heavy atom. The highest BCUT2D eigenvalue weighted by atomic mass is 19.1. The van der Waals surface area contributed by atoms with E-state index >= 15 is 0 Å². The number of hydrogen-bond donors (Lipinski definition) is 2. The first-order chi connectivity index (χ1) is 11.9. The first kappa shape index (κ1) is 18.6. The highest BCUT2D eigenvalue weighted by molar-refractivity contribution is 5.94. The molecule has 1 atom stereocenters. The van der Waals surface area contributed by atoms with Crippen molar-refractivity contribution in [3.8, 4) is 0 Å². The molecule has 0 fully saturated rings. The minimum Gasteiger partial charge on any atom is -0.354 e. The molecule has 0 spiro atoms. The monoisotopic (exact) mass is 346 g/mol. The third-order valence-corrected chi connectivity index (χ3v) is 3.81. The predicted molar refractivity (Wildman–Crippen MR) is 92.8 cm³/mol. The van der Waals surface area contributed by atoms with E-state index in [-0.39, 0.29) is 30.5 Å². The summed E-state index contributed by atoms with van der Waals surface area (Å²) in [6, 6.07) is 7.75. The van der Waals surface area contributed by atoms with Gasteiger partial charge >= 0.3 is 0 Å². The fourth-order valence-corrected chi connectivity index (χ4v) is 2.56. The number of nitrogens with one attached hydrogen (secondary N) is 2. The molecule has 0 aliphatic carbocycles. The summed E-state index contributed by atoms with van der Waals surface area (Å²) in [5.41, 5.74) is 1.95. The zero-order chi connectivity index (χ0) is 18.4. The van der Waals surface area contributed by atoms with E-state index in [0.29, 0.717) is 6.54 Å². The van der Waals surface area contributed by atoms with Crippen LogP contribution in [0.15, 0.2) is 30.3 Å². The molecule has 2 aromatic rings. The van der Waals surface area contributed by atoms with Gasteiger partial charge in [0.2, 0.25) is 5.91 Å². The summed E-state index contributed by atoms with van der Waals surface area (Å²) >= 11 is 0. The van der Waals surface area contributed by atoms with E-state index in [9.17, 15) is 14.0 Å². The normalized spacial score (nSPS) is 11.8. The van der Waals surface area contributed by atoms with Crippen molar-refractivity contribution in [3.05, 3.63) is 53.1 Å². The molecule has 0 aliphatic heterocycles. The Morgan fingerprint density at radius 1 is 1.24 bits per heavy atom. The van der Waals surface area contributed by atoms with Gasteiger partial charge in [0.05, 0.1) is 17.3 Å². The summed E-state index contributed by atoms with van der Waals surface area (Å²) in [6.45, 7) is 6.46. The largest absolute Gasteiger partial charge is 0.354 e. The Balaban J connectivity index is 1.73. The Hall–Kier alpha value is -2.70. The van der Waals surface area contributed by atoms with Crippen molar-refractivity contribution in [1.29, 1.82) is 0 Å². The smallest absolute Gasteiger partial charge is 0.254 e. The highest BCUT2D eigenvalue weighted by Crippen LogP contribution is 2.09. The average molecular weight is 346 g/mol. The SMILES string of the molecule is Cc1cc(C)n(C(C)CNC(=O)CCNC(=O)c2ccccc2F)n1. The molecule has 1 aromatic carbocycles. The van der Waals surface area contributed by atoms with Crippen LogP contribution in [0.4, 0.5) is 4.39 Å². The van der Waals surface area contributed by atoms with Gasteiger partial charge in [0.1, 0.15) is 5.82 Å². The maximum Gasteiger partial charge on any atom is 0.254 e. The summed E-state index contributed by atoms with van der Waals surface area (Å²) in [6.07, 6.45) is 0.129. The van der Waals surface area contributed by atoms with Gasteiger partial charge < -0.3 is 10.6 Å². The standard InChI is InChI=1S/C18H23FN4O2/c1-12-10-13(2)23(22-12)14(3)11-21-17(24)8-9-20-18(25)15-6-4-5-7-16(15)19/h4-7,10,14H,8-9,11H2,1-3H3,(H,20,25)(H,21,24). The number of halogens is 1. The number of hydrogen-bond acceptors (Lipinski definition) is 3. The quantitative estimate of drug-likeness (QED) is 0.806. The maximum atomic E-state index is 13.5. The van der Waals surface area contributed by atoms with E-state index in [1.165, 1.54) is 18.2 Å². The number of aryl methyl sites for hydroxylation is 2. The van der Waals surface area contributed by atoms with Crippen LogP contribution in [0.2, 0.25) is 0 Å². The number of carbonyl (C=O) groups excluding carboxylic acids is 2. The van der Waals surface area contributed by atoms with Gasteiger partial charge in [-0.3, -0.25) is 14.3 Å². The van der Waals surface area contributed by atoms with Crippen LogP contribution in [-0.4, -0.2) is 34.7 Å². The molecule has 0 saturated heterocycles. The molecule has 6 nitrogen and oxygen atoms in total. The topological polar surface area (TPSA) is 76.0 Å². The number of aromatic nitrogens is 2. The van der Waals surface area contributed by atoms with Gasteiger partial charge in [-0.05, 0) is 39.0 Å². The van der Waals surface area contributed by atoms with E-state index in [2.05, 4.69) is 15.7 Å². The highest BCUT2D eigenvalue weighted by Gasteiger charge is 2.13. The van der Waals surface area contributed by atoms with Gasteiger partial charge in [-0.1, -0.05) is 12.1 Å². The second-order valence-corrected chi connectivity index (χ2v) is 6.01. The molecule has 2 rings (SSSR count). The van der Waals surface area contributed by atoms with Crippen LogP contribution >= 0.6 is 0 Å². The van der Waals surface area contributed by atoms with Crippen molar-refractivity contribution >= 4 is 11.8 Å². The zero-order valence-corrected chi connectivity index (χ0v) is 14.7. The van der Waals surface area contributed by atoms with E-state index in [1.807, 2.05) is 31.5 Å². The van der Waals surface area contributed by atoms with E-state index in [1.54, 1.807) is 6.07 Å². The van der Waals surface area contributed by atoms with Crippen molar-refractivity contribution in [2.45, 2.75) is 33.2 Å². The minimum atomic E-state index is -0.580. The number of benzene rings is 1. The predicted octanol–water partition coefficient (Wildman–Crippen LogP) is 2.14. The van der Waals surface area contributed by atoms with E-state index in [0.717, 1.165) is 11.4 Å². The van der Waals surface area contributed by atoms with Crippen LogP contribution in [0.3, 0.4) is 0 Å². The molecule has 134 valence electrons. The zero-order valence-electron chi connectivity index (χ0n) is 14.7.